The van der Waals surface area contributed by atoms with Gasteiger partial charge in [0.1, 0.15) is 0 Å². The first-order chi connectivity index (χ1) is 15.1. The summed E-state index contributed by atoms with van der Waals surface area (Å²) in [6.07, 6.45) is 7.09. The van der Waals surface area contributed by atoms with Crippen LogP contribution in [0.3, 0.4) is 0 Å². The van der Waals surface area contributed by atoms with E-state index in [-0.39, 0.29) is 24.0 Å². The maximum absolute atomic E-state index is 13.2. The molecule has 1 aliphatic heterocycles. The largest absolute Gasteiger partial charge is 0.454 e. The van der Waals surface area contributed by atoms with Crippen LogP contribution in [0.4, 0.5) is 11.4 Å². The molecule has 0 atom stereocenters. The van der Waals surface area contributed by atoms with Crippen LogP contribution in [-0.4, -0.2) is 18.6 Å². The molecule has 160 valence electrons. The van der Waals surface area contributed by atoms with Crippen LogP contribution in [0.5, 0.6) is 11.5 Å². The van der Waals surface area contributed by atoms with Crippen LogP contribution in [0.2, 0.25) is 0 Å². The molecule has 4 saturated carbocycles. The minimum atomic E-state index is -0.210. The number of rotatable bonds is 4. The number of hydrogen-bond donors (Lipinski definition) is 2. The molecule has 0 radical (unpaired) electrons. The molecule has 2 amide bonds. The van der Waals surface area contributed by atoms with Gasteiger partial charge < -0.3 is 20.1 Å². The average molecular weight is 418 g/mol. The molecule has 4 bridgehead atoms. The number of hydrogen-bond acceptors (Lipinski definition) is 4. The molecule has 2 aromatic carbocycles. The van der Waals surface area contributed by atoms with Gasteiger partial charge in [-0.1, -0.05) is 0 Å². The van der Waals surface area contributed by atoms with Crippen molar-refractivity contribution in [1.29, 1.82) is 0 Å². The van der Waals surface area contributed by atoms with Gasteiger partial charge in [-0.2, -0.15) is 0 Å². The van der Waals surface area contributed by atoms with Crippen LogP contribution in [0, 0.1) is 23.2 Å². The Morgan fingerprint density at radius 3 is 2.06 bits per heavy atom. The van der Waals surface area contributed by atoms with E-state index >= 15 is 0 Å². The molecule has 0 unspecified atom stereocenters. The van der Waals surface area contributed by atoms with E-state index in [1.165, 1.54) is 19.3 Å². The maximum atomic E-state index is 13.2. The second-order valence-electron chi connectivity index (χ2n) is 9.75. The Morgan fingerprint density at radius 2 is 1.39 bits per heavy atom. The lowest BCUT2D eigenvalue weighted by Crippen LogP contribution is -2.51. The van der Waals surface area contributed by atoms with Crippen molar-refractivity contribution in [3.05, 3.63) is 48.0 Å². The monoisotopic (exact) mass is 418 g/mol. The van der Waals surface area contributed by atoms with Crippen molar-refractivity contribution in [3.8, 4) is 11.5 Å². The number of amides is 2. The Bertz CT molecular complexity index is 1010. The summed E-state index contributed by atoms with van der Waals surface area (Å²) < 4.78 is 10.6. The van der Waals surface area contributed by atoms with Crippen molar-refractivity contribution in [3.63, 3.8) is 0 Å². The van der Waals surface area contributed by atoms with Crippen LogP contribution >= 0.6 is 0 Å². The Morgan fingerprint density at radius 1 is 0.774 bits per heavy atom. The topological polar surface area (TPSA) is 76.7 Å². The van der Waals surface area contributed by atoms with Gasteiger partial charge >= 0.3 is 0 Å². The molecular formula is C25H26N2O4. The van der Waals surface area contributed by atoms with Gasteiger partial charge in [-0.15, -0.1) is 0 Å². The molecule has 4 fully saturated rings. The zero-order valence-corrected chi connectivity index (χ0v) is 17.4. The molecule has 2 N–H and O–H groups in total. The normalized spacial score (nSPS) is 29.6. The van der Waals surface area contributed by atoms with Gasteiger partial charge in [0, 0.05) is 23.0 Å². The first kappa shape index (κ1) is 18.7. The van der Waals surface area contributed by atoms with Gasteiger partial charge in [0.15, 0.2) is 11.5 Å². The van der Waals surface area contributed by atoms with E-state index < -0.39 is 0 Å². The summed E-state index contributed by atoms with van der Waals surface area (Å²) in [5.74, 6) is 3.47. The van der Waals surface area contributed by atoms with Gasteiger partial charge in [0.2, 0.25) is 12.7 Å². The van der Waals surface area contributed by atoms with Crippen molar-refractivity contribution >= 4 is 23.2 Å². The van der Waals surface area contributed by atoms with E-state index in [0.29, 0.717) is 22.7 Å². The lowest BCUT2D eigenvalue weighted by atomic mass is 9.49. The average Bonchev–Trinajstić information content (AvgIpc) is 3.21. The molecule has 2 aromatic rings. The predicted molar refractivity (Wildman–Crippen MR) is 116 cm³/mol. The lowest BCUT2D eigenvalue weighted by Gasteiger charge is -2.55. The van der Waals surface area contributed by atoms with Gasteiger partial charge in [-0.25, -0.2) is 0 Å². The lowest BCUT2D eigenvalue weighted by molar-refractivity contribution is -0.140. The van der Waals surface area contributed by atoms with E-state index in [4.69, 9.17) is 9.47 Å². The highest BCUT2D eigenvalue weighted by Gasteiger charge is 2.54. The van der Waals surface area contributed by atoms with Crippen LogP contribution in [0.15, 0.2) is 42.5 Å². The number of anilines is 2. The first-order valence-corrected chi connectivity index (χ1v) is 11.2. The molecule has 5 aliphatic rings. The number of benzene rings is 2. The molecular weight excluding hydrogens is 392 g/mol. The molecule has 0 aromatic heterocycles. The second-order valence-corrected chi connectivity index (χ2v) is 9.75. The van der Waals surface area contributed by atoms with Crippen LogP contribution in [0.25, 0.3) is 0 Å². The van der Waals surface area contributed by atoms with Crippen molar-refractivity contribution in [1.82, 2.24) is 0 Å². The third kappa shape index (κ3) is 3.34. The molecule has 31 heavy (non-hydrogen) atoms. The predicted octanol–water partition coefficient (Wildman–Crippen LogP) is 4.82. The summed E-state index contributed by atoms with van der Waals surface area (Å²) in [6.45, 7) is 0.198. The van der Waals surface area contributed by atoms with Gasteiger partial charge in [0.05, 0.1) is 5.41 Å². The summed E-state index contributed by atoms with van der Waals surface area (Å²) in [6, 6.07) is 12.4. The first-order valence-electron chi connectivity index (χ1n) is 11.2. The van der Waals surface area contributed by atoms with E-state index in [0.717, 1.165) is 42.7 Å². The molecule has 1 heterocycles. The molecule has 6 heteroatoms. The van der Waals surface area contributed by atoms with Gasteiger partial charge in [-0.3, -0.25) is 9.59 Å². The van der Waals surface area contributed by atoms with E-state index in [2.05, 4.69) is 10.6 Å². The van der Waals surface area contributed by atoms with E-state index in [1.807, 2.05) is 12.1 Å². The Kier molecular flexibility index (Phi) is 4.23. The van der Waals surface area contributed by atoms with Crippen molar-refractivity contribution < 1.29 is 19.1 Å². The number of carbonyl (C=O) groups excluding carboxylic acids is 2. The fourth-order valence-electron chi connectivity index (χ4n) is 6.53. The quantitative estimate of drug-likeness (QED) is 0.746. The molecule has 6 nitrogen and oxygen atoms in total. The van der Waals surface area contributed by atoms with Crippen molar-refractivity contribution in [2.24, 2.45) is 23.2 Å². The van der Waals surface area contributed by atoms with Crippen LogP contribution < -0.4 is 20.1 Å². The van der Waals surface area contributed by atoms with Crippen LogP contribution in [0.1, 0.15) is 48.9 Å². The summed E-state index contributed by atoms with van der Waals surface area (Å²) in [5, 5.41) is 6.02. The zero-order valence-electron chi connectivity index (χ0n) is 17.4. The SMILES string of the molecule is O=C(Nc1ccc2c(c1)OCO2)c1ccc(NC(=O)C23CC4CC(CC(C4)C2)C3)cc1. The minimum absolute atomic E-state index is 0.171. The molecule has 0 saturated heterocycles. The van der Waals surface area contributed by atoms with Crippen LogP contribution in [-0.2, 0) is 4.79 Å². The smallest absolute Gasteiger partial charge is 0.255 e. The summed E-state index contributed by atoms with van der Waals surface area (Å²) in [4.78, 5) is 25.8. The third-order valence-electron chi connectivity index (χ3n) is 7.56. The molecule has 0 spiro atoms. The highest BCUT2D eigenvalue weighted by Crippen LogP contribution is 2.60. The van der Waals surface area contributed by atoms with E-state index in [9.17, 15) is 9.59 Å². The highest BCUT2D eigenvalue weighted by molar-refractivity contribution is 6.05. The minimum Gasteiger partial charge on any atom is -0.454 e. The molecule has 7 rings (SSSR count). The third-order valence-corrected chi connectivity index (χ3v) is 7.56. The second kappa shape index (κ2) is 7.01. The van der Waals surface area contributed by atoms with Gasteiger partial charge in [0.25, 0.3) is 5.91 Å². The Labute approximate surface area is 181 Å². The van der Waals surface area contributed by atoms with E-state index in [1.54, 1.807) is 30.3 Å². The summed E-state index contributed by atoms with van der Waals surface area (Å²) in [7, 11) is 0. The number of fused-ring (bicyclic) bond motifs is 1. The Hall–Kier alpha value is -3.02. The number of carbonyl (C=O) groups is 2. The standard InChI is InChI=1S/C25H26N2O4/c28-23(26-20-5-6-21-22(10-20)31-14-30-21)18-1-3-19(4-2-18)27-24(29)25-11-15-7-16(12-25)9-17(8-15)13-25/h1-6,10,15-17H,7-9,11-14H2,(H,26,28)(H,27,29). The Balaban J connectivity index is 1.12. The van der Waals surface area contributed by atoms with Crippen molar-refractivity contribution in [2.75, 3.05) is 17.4 Å². The zero-order chi connectivity index (χ0) is 21.0. The summed E-state index contributed by atoms with van der Waals surface area (Å²) >= 11 is 0. The summed E-state index contributed by atoms with van der Waals surface area (Å²) in [5.41, 5.74) is 1.75. The highest BCUT2D eigenvalue weighted by atomic mass is 16.7. The fourth-order valence-corrected chi connectivity index (χ4v) is 6.53. The molecule has 4 aliphatic carbocycles. The number of ether oxygens (including phenoxy) is 2. The fraction of sp³-hybridized carbons (Fsp3) is 0.440. The van der Waals surface area contributed by atoms with Crippen molar-refractivity contribution in [2.45, 2.75) is 38.5 Å². The maximum Gasteiger partial charge on any atom is 0.255 e. The van der Waals surface area contributed by atoms with Gasteiger partial charge in [-0.05, 0) is 92.7 Å². The number of nitrogens with one attached hydrogen (secondary N) is 2.